The van der Waals surface area contributed by atoms with E-state index in [-0.39, 0.29) is 16.3 Å². The Hall–Kier alpha value is -0.910. The summed E-state index contributed by atoms with van der Waals surface area (Å²) < 4.78 is 40.5. The predicted molar refractivity (Wildman–Crippen MR) is 73.4 cm³/mol. The van der Waals surface area contributed by atoms with Gasteiger partial charge in [0.25, 0.3) is 0 Å². The molecule has 0 aromatic heterocycles. The fraction of sp³-hybridized carbons (Fsp3) is 0.538. The van der Waals surface area contributed by atoms with Crippen molar-refractivity contribution in [2.45, 2.75) is 39.6 Å². The van der Waals surface area contributed by atoms with E-state index in [9.17, 15) is 13.2 Å². The predicted octanol–water partition coefficient (Wildman–Crippen LogP) is 5.19. The van der Waals surface area contributed by atoms with E-state index in [2.05, 4.69) is 39.8 Å². The van der Waals surface area contributed by atoms with Crippen molar-refractivity contribution in [3.05, 3.63) is 22.7 Å². The molecule has 0 aliphatic carbocycles. The van der Waals surface area contributed by atoms with Crippen LogP contribution in [-0.2, 0) is 0 Å². The smallest absolute Gasteiger partial charge is 0.405 e. The second kappa shape index (κ2) is 6.50. The highest BCUT2D eigenvalue weighted by Gasteiger charge is 2.31. The van der Waals surface area contributed by atoms with Crippen LogP contribution in [0, 0.1) is 5.92 Å². The molecule has 19 heavy (non-hydrogen) atoms. The molecule has 1 rings (SSSR count). The average Bonchev–Trinajstić information content (AvgIpc) is 2.30. The van der Waals surface area contributed by atoms with Crippen molar-refractivity contribution in [1.29, 1.82) is 0 Å². The molecule has 6 heteroatoms. The van der Waals surface area contributed by atoms with Crippen LogP contribution in [-0.4, -0.2) is 12.4 Å². The van der Waals surface area contributed by atoms with Crippen LogP contribution in [0.1, 0.15) is 27.2 Å². The van der Waals surface area contributed by atoms with E-state index in [1.807, 2.05) is 6.92 Å². The van der Waals surface area contributed by atoms with Gasteiger partial charge in [-0.1, -0.05) is 20.3 Å². The summed E-state index contributed by atoms with van der Waals surface area (Å²) in [6, 6.07) is 4.69. The van der Waals surface area contributed by atoms with Crippen molar-refractivity contribution < 1.29 is 17.9 Å². The van der Waals surface area contributed by atoms with E-state index >= 15 is 0 Å². The lowest BCUT2D eigenvalue weighted by molar-refractivity contribution is -0.274. The first-order valence-corrected chi connectivity index (χ1v) is 6.84. The van der Waals surface area contributed by atoms with Crippen LogP contribution in [0.5, 0.6) is 5.75 Å². The summed E-state index contributed by atoms with van der Waals surface area (Å²) in [5.74, 6) is 0.235. The summed E-state index contributed by atoms with van der Waals surface area (Å²) in [6.45, 7) is 6.26. The third-order valence-corrected chi connectivity index (χ3v) is 3.67. The molecule has 2 unspecified atom stereocenters. The van der Waals surface area contributed by atoms with Gasteiger partial charge in [0, 0.05) is 11.7 Å². The van der Waals surface area contributed by atoms with Crippen LogP contribution in [0.25, 0.3) is 0 Å². The molecule has 0 amide bonds. The van der Waals surface area contributed by atoms with Crippen LogP contribution in [0.3, 0.4) is 0 Å². The number of alkyl halides is 3. The molecule has 0 radical (unpaired) electrons. The molecular formula is C13H17BrF3NO. The van der Waals surface area contributed by atoms with Crippen LogP contribution in [0.2, 0.25) is 0 Å². The maximum atomic E-state index is 12.1. The van der Waals surface area contributed by atoms with Crippen molar-refractivity contribution in [2.24, 2.45) is 5.92 Å². The number of ether oxygens (including phenoxy) is 1. The van der Waals surface area contributed by atoms with Gasteiger partial charge in [-0.25, -0.2) is 0 Å². The van der Waals surface area contributed by atoms with Gasteiger partial charge in [-0.15, -0.1) is 13.2 Å². The molecule has 0 heterocycles. The van der Waals surface area contributed by atoms with E-state index in [4.69, 9.17) is 0 Å². The second-order valence-corrected chi connectivity index (χ2v) is 5.37. The maximum absolute atomic E-state index is 12.1. The molecule has 1 aromatic carbocycles. The minimum atomic E-state index is -4.68. The van der Waals surface area contributed by atoms with Gasteiger partial charge >= 0.3 is 6.36 Å². The Morgan fingerprint density at radius 1 is 1.32 bits per heavy atom. The highest BCUT2D eigenvalue weighted by Crippen LogP contribution is 2.32. The van der Waals surface area contributed by atoms with Crippen molar-refractivity contribution in [3.63, 3.8) is 0 Å². The third kappa shape index (κ3) is 5.30. The molecular weight excluding hydrogens is 323 g/mol. The maximum Gasteiger partial charge on any atom is 0.573 e. The van der Waals surface area contributed by atoms with Crippen molar-refractivity contribution in [1.82, 2.24) is 0 Å². The molecule has 2 atom stereocenters. The fourth-order valence-corrected chi connectivity index (χ4v) is 2.02. The molecule has 1 aromatic rings. The standard InChI is InChI=1S/C13H17BrF3NO/c1-4-8(2)9(3)18-10-5-6-12(11(14)7-10)19-13(15,16)17/h5-9,18H,4H2,1-3H3. The number of hydrogen-bond acceptors (Lipinski definition) is 2. The van der Waals surface area contributed by atoms with Gasteiger partial charge in [-0.05, 0) is 47.0 Å². The van der Waals surface area contributed by atoms with E-state index < -0.39 is 6.36 Å². The number of rotatable bonds is 5. The van der Waals surface area contributed by atoms with Gasteiger partial charge < -0.3 is 10.1 Å². The second-order valence-electron chi connectivity index (χ2n) is 4.51. The number of benzene rings is 1. The minimum Gasteiger partial charge on any atom is -0.405 e. The summed E-state index contributed by atoms with van der Waals surface area (Å²) >= 11 is 3.08. The lowest BCUT2D eigenvalue weighted by atomic mass is 10.0. The Morgan fingerprint density at radius 3 is 2.42 bits per heavy atom. The first-order chi connectivity index (χ1) is 8.73. The highest BCUT2D eigenvalue weighted by molar-refractivity contribution is 9.10. The van der Waals surface area contributed by atoms with E-state index in [0.717, 1.165) is 12.1 Å². The molecule has 0 saturated heterocycles. The summed E-state index contributed by atoms with van der Waals surface area (Å²) in [5, 5.41) is 3.26. The number of hydrogen-bond donors (Lipinski definition) is 1. The largest absolute Gasteiger partial charge is 0.573 e. The molecule has 0 aliphatic heterocycles. The monoisotopic (exact) mass is 339 g/mol. The molecule has 2 nitrogen and oxygen atoms in total. The van der Waals surface area contributed by atoms with Crippen molar-refractivity contribution >= 4 is 21.6 Å². The van der Waals surface area contributed by atoms with Gasteiger partial charge in [0.2, 0.25) is 0 Å². The number of nitrogens with one attached hydrogen (secondary N) is 1. The first kappa shape index (κ1) is 16.1. The van der Waals surface area contributed by atoms with Crippen LogP contribution < -0.4 is 10.1 Å². The molecule has 0 bridgehead atoms. The lowest BCUT2D eigenvalue weighted by Crippen LogP contribution is -2.23. The normalized spacial score (nSPS) is 14.9. The number of anilines is 1. The Kier molecular flexibility index (Phi) is 5.52. The molecule has 0 fully saturated rings. The van der Waals surface area contributed by atoms with E-state index in [1.54, 1.807) is 12.1 Å². The van der Waals surface area contributed by atoms with Crippen molar-refractivity contribution in [2.75, 3.05) is 5.32 Å². The molecule has 0 spiro atoms. The summed E-state index contributed by atoms with van der Waals surface area (Å²) in [5.41, 5.74) is 0.759. The zero-order valence-corrected chi connectivity index (χ0v) is 12.6. The zero-order valence-electron chi connectivity index (χ0n) is 11.0. The Labute approximate surface area is 119 Å². The minimum absolute atomic E-state index is 0.241. The van der Waals surface area contributed by atoms with Gasteiger partial charge in [0.15, 0.2) is 0 Å². The number of halogens is 4. The van der Waals surface area contributed by atoms with Crippen LogP contribution in [0.4, 0.5) is 18.9 Å². The molecule has 1 N–H and O–H groups in total. The quantitative estimate of drug-likeness (QED) is 0.796. The van der Waals surface area contributed by atoms with Crippen LogP contribution in [0.15, 0.2) is 22.7 Å². The summed E-state index contributed by atoms with van der Waals surface area (Å²) in [4.78, 5) is 0. The zero-order chi connectivity index (χ0) is 14.6. The highest BCUT2D eigenvalue weighted by atomic mass is 79.9. The third-order valence-electron chi connectivity index (χ3n) is 3.05. The van der Waals surface area contributed by atoms with Gasteiger partial charge in [-0.2, -0.15) is 0 Å². The lowest BCUT2D eigenvalue weighted by Gasteiger charge is -2.21. The summed E-state index contributed by atoms with van der Waals surface area (Å²) in [6.07, 6.45) is -3.65. The van der Waals surface area contributed by atoms with E-state index in [1.165, 1.54) is 6.07 Å². The molecule has 0 saturated carbocycles. The Balaban J connectivity index is 2.77. The van der Waals surface area contributed by atoms with Crippen LogP contribution >= 0.6 is 15.9 Å². The van der Waals surface area contributed by atoms with Gasteiger partial charge in [0.1, 0.15) is 5.75 Å². The Morgan fingerprint density at radius 2 is 1.95 bits per heavy atom. The molecule has 108 valence electrons. The van der Waals surface area contributed by atoms with Gasteiger partial charge in [-0.3, -0.25) is 0 Å². The Bertz CT molecular complexity index is 423. The fourth-order valence-electron chi connectivity index (χ4n) is 1.56. The van der Waals surface area contributed by atoms with Crippen molar-refractivity contribution in [3.8, 4) is 5.75 Å². The topological polar surface area (TPSA) is 21.3 Å². The van der Waals surface area contributed by atoms with Gasteiger partial charge in [0.05, 0.1) is 4.47 Å². The van der Waals surface area contributed by atoms with E-state index in [0.29, 0.717) is 5.92 Å². The SMILES string of the molecule is CCC(C)C(C)Nc1ccc(OC(F)(F)F)c(Br)c1. The summed E-state index contributed by atoms with van der Waals surface area (Å²) in [7, 11) is 0. The average molecular weight is 340 g/mol. The molecule has 0 aliphatic rings. The first-order valence-electron chi connectivity index (χ1n) is 6.04.